The number of hydrogen-bond acceptors (Lipinski definition) is 3. The summed E-state index contributed by atoms with van der Waals surface area (Å²) >= 11 is 5.98. The number of β-lactam (4-membered cyclic amide) rings is 1. The second-order valence-corrected chi connectivity index (χ2v) is 8.55. The number of rotatable bonds is 8. The van der Waals surface area contributed by atoms with Crippen molar-refractivity contribution in [3.63, 3.8) is 0 Å². The van der Waals surface area contributed by atoms with Gasteiger partial charge in [0, 0.05) is 17.3 Å². The highest BCUT2D eigenvalue weighted by atomic mass is 35.5. The van der Waals surface area contributed by atoms with E-state index in [4.69, 9.17) is 16.3 Å². The number of ether oxygens (including phenoxy) is 1. The van der Waals surface area contributed by atoms with Crippen LogP contribution in [0.3, 0.4) is 0 Å². The zero-order valence-electron chi connectivity index (χ0n) is 17.4. The number of para-hydroxylation sites is 1. The van der Waals surface area contributed by atoms with Gasteiger partial charge in [-0.1, -0.05) is 41.4 Å². The molecule has 5 heteroatoms. The van der Waals surface area contributed by atoms with Crippen LogP contribution in [0.25, 0.3) is 0 Å². The van der Waals surface area contributed by atoms with Gasteiger partial charge < -0.3 is 15.0 Å². The molecule has 30 heavy (non-hydrogen) atoms. The van der Waals surface area contributed by atoms with Gasteiger partial charge in [0.25, 0.3) is 5.91 Å². The maximum atomic E-state index is 13.0. The highest BCUT2D eigenvalue weighted by molar-refractivity contribution is 6.30. The summed E-state index contributed by atoms with van der Waals surface area (Å²) in [5, 5.41) is 4.22. The Morgan fingerprint density at radius 3 is 2.67 bits per heavy atom. The monoisotopic (exact) mass is 424 g/mol. The summed E-state index contributed by atoms with van der Waals surface area (Å²) in [6, 6.07) is 15.2. The molecule has 0 bridgehead atoms. The predicted octanol–water partition coefficient (Wildman–Crippen LogP) is 5.29. The van der Waals surface area contributed by atoms with Crippen molar-refractivity contribution < 1.29 is 9.53 Å². The Balaban J connectivity index is 1.43. The molecule has 2 aliphatic rings. The molecule has 4 rings (SSSR count). The average Bonchev–Trinajstić information content (AvgIpc) is 2.77. The second-order valence-electron chi connectivity index (χ2n) is 8.12. The zero-order valence-corrected chi connectivity index (χ0v) is 18.2. The number of carbonyl (C=O) groups excluding carboxylic acids is 1. The molecule has 2 unspecified atom stereocenters. The highest BCUT2D eigenvalue weighted by Crippen LogP contribution is 2.33. The van der Waals surface area contributed by atoms with Crippen LogP contribution in [0.1, 0.15) is 37.7 Å². The Bertz CT molecular complexity index is 910. The zero-order chi connectivity index (χ0) is 20.9. The third-order valence-corrected chi connectivity index (χ3v) is 6.23. The molecule has 2 atom stereocenters. The van der Waals surface area contributed by atoms with Crippen molar-refractivity contribution in [2.45, 2.75) is 51.2 Å². The normalized spacial score (nSPS) is 21.2. The third-order valence-electron chi connectivity index (χ3n) is 5.98. The molecule has 1 amide bonds. The van der Waals surface area contributed by atoms with Crippen molar-refractivity contribution in [2.75, 3.05) is 18.0 Å². The topological polar surface area (TPSA) is 41.6 Å². The maximum absolute atomic E-state index is 13.0. The minimum Gasteiger partial charge on any atom is -0.478 e. The number of halogens is 1. The number of aryl methyl sites for hydroxylation is 1. The standard InChI is InChI=1S/C25H29ClN2O2/c1-18-7-5-6-10-22(18)28-23(17-27-16-15-19-8-3-2-4-9-19)24(25(28)29)30-21-13-11-20(26)12-14-21/h5-8,10-14,23-24,27H,2-4,9,15-17H2,1H3. The first kappa shape index (κ1) is 21.0. The number of carbonyl (C=O) groups is 1. The first-order valence-corrected chi connectivity index (χ1v) is 11.2. The molecule has 4 nitrogen and oxygen atoms in total. The van der Waals surface area contributed by atoms with E-state index in [9.17, 15) is 4.79 Å². The molecule has 158 valence electrons. The molecule has 1 heterocycles. The lowest BCUT2D eigenvalue weighted by molar-refractivity contribution is -0.134. The smallest absolute Gasteiger partial charge is 0.270 e. The Morgan fingerprint density at radius 1 is 1.13 bits per heavy atom. The number of nitrogens with one attached hydrogen (secondary N) is 1. The lowest BCUT2D eigenvalue weighted by Crippen LogP contribution is -2.70. The quantitative estimate of drug-likeness (QED) is 0.355. The van der Waals surface area contributed by atoms with Gasteiger partial charge in [-0.2, -0.15) is 0 Å². The molecule has 2 aromatic rings. The van der Waals surface area contributed by atoms with Crippen LogP contribution in [0, 0.1) is 6.92 Å². The van der Waals surface area contributed by atoms with Gasteiger partial charge in [0.05, 0.1) is 6.04 Å². The number of amides is 1. The van der Waals surface area contributed by atoms with Crippen LogP contribution in [0.4, 0.5) is 5.69 Å². The van der Waals surface area contributed by atoms with E-state index in [-0.39, 0.29) is 11.9 Å². The summed E-state index contributed by atoms with van der Waals surface area (Å²) in [7, 11) is 0. The first-order chi connectivity index (χ1) is 14.6. The number of benzene rings is 2. The van der Waals surface area contributed by atoms with Crippen molar-refractivity contribution in [3.05, 3.63) is 70.8 Å². The fourth-order valence-electron chi connectivity index (χ4n) is 4.27. The van der Waals surface area contributed by atoms with E-state index >= 15 is 0 Å². The summed E-state index contributed by atoms with van der Waals surface area (Å²) in [5.41, 5.74) is 3.61. The van der Waals surface area contributed by atoms with Crippen LogP contribution >= 0.6 is 11.6 Å². The van der Waals surface area contributed by atoms with E-state index in [0.29, 0.717) is 17.3 Å². The van der Waals surface area contributed by atoms with Crippen LogP contribution in [0.2, 0.25) is 5.02 Å². The Labute approximate surface area is 183 Å². The number of anilines is 1. The van der Waals surface area contributed by atoms with Gasteiger partial charge in [-0.05, 0) is 81.5 Å². The van der Waals surface area contributed by atoms with Gasteiger partial charge >= 0.3 is 0 Å². The van der Waals surface area contributed by atoms with Crippen LogP contribution in [0.15, 0.2) is 60.2 Å². The summed E-state index contributed by atoms with van der Waals surface area (Å²) in [4.78, 5) is 14.9. The summed E-state index contributed by atoms with van der Waals surface area (Å²) in [6.07, 6.45) is 8.04. The largest absolute Gasteiger partial charge is 0.478 e. The summed E-state index contributed by atoms with van der Waals surface area (Å²) in [6.45, 7) is 3.66. The van der Waals surface area contributed by atoms with E-state index in [0.717, 1.165) is 24.2 Å². The molecule has 0 radical (unpaired) electrons. The second kappa shape index (κ2) is 9.67. The molecule has 2 aromatic carbocycles. The van der Waals surface area contributed by atoms with Crippen LogP contribution in [-0.2, 0) is 4.79 Å². The summed E-state index contributed by atoms with van der Waals surface area (Å²) in [5.74, 6) is 0.667. The molecule has 0 saturated carbocycles. The Morgan fingerprint density at radius 2 is 1.93 bits per heavy atom. The fourth-order valence-corrected chi connectivity index (χ4v) is 4.39. The van der Waals surface area contributed by atoms with Crippen LogP contribution < -0.4 is 15.0 Å². The number of nitrogens with zero attached hydrogens (tertiary/aromatic N) is 1. The van der Waals surface area contributed by atoms with E-state index in [1.54, 1.807) is 17.7 Å². The number of hydrogen-bond donors (Lipinski definition) is 1. The van der Waals surface area contributed by atoms with Crippen molar-refractivity contribution in [1.82, 2.24) is 5.32 Å². The number of allylic oxidation sites excluding steroid dienone is 1. The van der Waals surface area contributed by atoms with Crippen molar-refractivity contribution in [2.24, 2.45) is 0 Å². The minimum atomic E-state index is -0.493. The molecule has 1 fully saturated rings. The van der Waals surface area contributed by atoms with E-state index < -0.39 is 6.10 Å². The van der Waals surface area contributed by atoms with E-state index in [2.05, 4.69) is 11.4 Å². The predicted molar refractivity (Wildman–Crippen MR) is 122 cm³/mol. The maximum Gasteiger partial charge on any atom is 0.270 e. The van der Waals surface area contributed by atoms with E-state index in [1.165, 1.54) is 25.7 Å². The highest BCUT2D eigenvalue weighted by Gasteiger charge is 2.50. The molecule has 1 aliphatic carbocycles. The molecule has 1 saturated heterocycles. The van der Waals surface area contributed by atoms with Gasteiger partial charge in [-0.25, -0.2) is 0 Å². The molecular weight excluding hydrogens is 396 g/mol. The molecular formula is C25H29ClN2O2. The van der Waals surface area contributed by atoms with Gasteiger partial charge in [0.15, 0.2) is 6.10 Å². The minimum absolute atomic E-state index is 0.000962. The van der Waals surface area contributed by atoms with Gasteiger partial charge in [0.1, 0.15) is 5.75 Å². The van der Waals surface area contributed by atoms with Crippen LogP contribution in [-0.4, -0.2) is 31.1 Å². The lowest BCUT2D eigenvalue weighted by Gasteiger charge is -2.47. The van der Waals surface area contributed by atoms with Gasteiger partial charge in [0.2, 0.25) is 0 Å². The molecule has 0 spiro atoms. The van der Waals surface area contributed by atoms with E-state index in [1.807, 2.05) is 48.2 Å². The van der Waals surface area contributed by atoms with Crippen LogP contribution in [0.5, 0.6) is 5.75 Å². The van der Waals surface area contributed by atoms with Gasteiger partial charge in [-0.3, -0.25) is 4.79 Å². The molecule has 0 aromatic heterocycles. The van der Waals surface area contributed by atoms with Crippen molar-refractivity contribution in [1.29, 1.82) is 0 Å². The van der Waals surface area contributed by atoms with Gasteiger partial charge in [-0.15, -0.1) is 0 Å². The molecule has 1 N–H and O–H groups in total. The van der Waals surface area contributed by atoms with Crippen molar-refractivity contribution in [3.8, 4) is 5.75 Å². The molecule has 1 aliphatic heterocycles. The fraction of sp³-hybridized carbons (Fsp3) is 0.400. The third kappa shape index (κ3) is 4.71. The Hall–Kier alpha value is -2.30. The summed E-state index contributed by atoms with van der Waals surface area (Å²) < 4.78 is 6.07. The average molecular weight is 425 g/mol. The van der Waals surface area contributed by atoms with Crippen molar-refractivity contribution >= 4 is 23.2 Å². The SMILES string of the molecule is Cc1ccccc1N1C(=O)C(Oc2ccc(Cl)cc2)C1CNCCC1=CCCCC1. The lowest BCUT2D eigenvalue weighted by atomic mass is 9.94. The Kier molecular flexibility index (Phi) is 6.76. The first-order valence-electron chi connectivity index (χ1n) is 10.8.